The maximum atomic E-state index is 13.2. The van der Waals surface area contributed by atoms with Crippen LogP contribution in [-0.4, -0.2) is 10.7 Å². The van der Waals surface area contributed by atoms with E-state index in [-0.39, 0.29) is 0 Å². The summed E-state index contributed by atoms with van der Waals surface area (Å²) in [5, 5.41) is 0.520. The highest BCUT2D eigenvalue weighted by atomic mass is 35.5. The third-order valence-corrected chi connectivity index (χ3v) is 5.78. The van der Waals surface area contributed by atoms with E-state index in [1.54, 1.807) is 16.9 Å². The van der Waals surface area contributed by atoms with Crippen molar-refractivity contribution in [1.82, 2.24) is 4.73 Å². The van der Waals surface area contributed by atoms with E-state index in [1.165, 1.54) is 0 Å². The van der Waals surface area contributed by atoms with Gasteiger partial charge in [-0.3, -0.25) is 0 Å². The van der Waals surface area contributed by atoms with Gasteiger partial charge in [-0.15, -0.1) is 0 Å². The van der Waals surface area contributed by atoms with Gasteiger partial charge >= 0.3 is 5.97 Å². The van der Waals surface area contributed by atoms with E-state index in [4.69, 9.17) is 16.4 Å². The fraction of sp³-hybridized carbons (Fsp3) is 0. The fourth-order valence-electron chi connectivity index (χ4n) is 3.89. The Bertz CT molecular complexity index is 1380. The minimum Gasteiger partial charge on any atom is -0.330 e. The van der Waals surface area contributed by atoms with Gasteiger partial charge in [-0.05, 0) is 17.7 Å². The van der Waals surface area contributed by atoms with Crippen molar-refractivity contribution >= 4 is 17.6 Å². The summed E-state index contributed by atoms with van der Waals surface area (Å²) in [5.74, 6) is -0.462. The molecule has 160 valence electrons. The van der Waals surface area contributed by atoms with E-state index in [2.05, 4.69) is 0 Å². The zero-order valence-electron chi connectivity index (χ0n) is 17.7. The molecule has 5 aromatic rings. The van der Waals surface area contributed by atoms with Crippen molar-refractivity contribution in [2.24, 2.45) is 0 Å². The zero-order valence-corrected chi connectivity index (χ0v) is 18.4. The smallest absolute Gasteiger partial charge is 0.330 e. The number of carbonyl (C=O) groups is 1. The topological polar surface area (TPSA) is 31.2 Å². The third-order valence-electron chi connectivity index (χ3n) is 5.41. The second-order valence-electron chi connectivity index (χ2n) is 7.52. The van der Waals surface area contributed by atoms with Gasteiger partial charge in [0.15, 0.2) is 0 Å². The van der Waals surface area contributed by atoms with Gasteiger partial charge in [-0.25, -0.2) is 4.79 Å². The molecule has 0 fully saturated rings. The molecule has 4 aromatic carbocycles. The number of hydrogen-bond donors (Lipinski definition) is 0. The van der Waals surface area contributed by atoms with Crippen molar-refractivity contribution in [2.45, 2.75) is 0 Å². The number of carbonyl (C=O) groups excluding carboxylic acids is 1. The van der Waals surface area contributed by atoms with E-state index in [1.807, 2.05) is 109 Å². The first-order valence-electron chi connectivity index (χ1n) is 10.6. The zero-order chi connectivity index (χ0) is 22.6. The SMILES string of the molecule is O=C(On1c(-c2ccccc2)c(Cl)c(-c2ccccc2)c1-c1ccccc1)c1ccccc1. The lowest BCUT2D eigenvalue weighted by molar-refractivity contribution is 0.0478. The molecule has 4 heteroatoms. The number of aromatic nitrogens is 1. The molecule has 33 heavy (non-hydrogen) atoms. The number of halogens is 1. The van der Waals surface area contributed by atoms with Gasteiger partial charge in [0.1, 0.15) is 5.69 Å². The highest BCUT2D eigenvalue weighted by Gasteiger charge is 2.27. The highest BCUT2D eigenvalue weighted by molar-refractivity contribution is 6.37. The van der Waals surface area contributed by atoms with Crippen LogP contribution in [0.1, 0.15) is 10.4 Å². The maximum Gasteiger partial charge on any atom is 0.363 e. The Hall–Kier alpha value is -4.08. The van der Waals surface area contributed by atoms with Crippen LogP contribution in [0.4, 0.5) is 0 Å². The predicted octanol–water partition coefficient (Wildman–Crippen LogP) is 7.41. The molecule has 0 atom stereocenters. The lowest BCUT2D eigenvalue weighted by Crippen LogP contribution is -2.21. The number of rotatable bonds is 5. The molecule has 0 aliphatic heterocycles. The van der Waals surface area contributed by atoms with Crippen molar-refractivity contribution < 1.29 is 9.63 Å². The van der Waals surface area contributed by atoms with Crippen molar-refractivity contribution in [3.63, 3.8) is 0 Å². The quantitative estimate of drug-likeness (QED) is 0.279. The van der Waals surface area contributed by atoms with E-state index >= 15 is 0 Å². The summed E-state index contributed by atoms with van der Waals surface area (Å²) in [6.07, 6.45) is 0. The van der Waals surface area contributed by atoms with E-state index in [9.17, 15) is 4.79 Å². The summed E-state index contributed by atoms with van der Waals surface area (Å²) in [6, 6.07) is 38.4. The summed E-state index contributed by atoms with van der Waals surface area (Å²) in [4.78, 5) is 19.2. The number of hydrogen-bond acceptors (Lipinski definition) is 2. The second-order valence-corrected chi connectivity index (χ2v) is 7.90. The molecule has 1 heterocycles. The van der Waals surface area contributed by atoms with E-state index < -0.39 is 5.97 Å². The largest absolute Gasteiger partial charge is 0.363 e. The molecule has 0 aliphatic rings. The second kappa shape index (κ2) is 9.19. The molecule has 0 aliphatic carbocycles. The molecule has 0 amide bonds. The van der Waals surface area contributed by atoms with Crippen LogP contribution in [0.2, 0.25) is 5.02 Å². The van der Waals surface area contributed by atoms with Crippen LogP contribution in [-0.2, 0) is 0 Å². The minimum absolute atomic E-state index is 0.460. The van der Waals surface area contributed by atoms with Crippen LogP contribution in [0.3, 0.4) is 0 Å². The fourth-order valence-corrected chi connectivity index (χ4v) is 4.28. The van der Waals surface area contributed by atoms with Crippen LogP contribution in [0.15, 0.2) is 121 Å². The molecule has 0 N–H and O–H groups in total. The van der Waals surface area contributed by atoms with Gasteiger partial charge < -0.3 is 4.84 Å². The Kier molecular flexibility index (Phi) is 5.79. The molecule has 0 radical (unpaired) electrons. The lowest BCUT2D eigenvalue weighted by atomic mass is 10.0. The maximum absolute atomic E-state index is 13.2. The molecule has 5 rings (SSSR count). The van der Waals surface area contributed by atoms with Crippen LogP contribution in [0.25, 0.3) is 33.6 Å². The standard InChI is InChI=1S/C29H20ClNO2/c30-26-25(21-13-5-1-6-14-21)27(22-15-7-2-8-16-22)31(28(26)23-17-9-3-10-18-23)33-29(32)24-19-11-4-12-20-24/h1-20H. The Labute approximate surface area is 197 Å². The molecule has 0 saturated heterocycles. The first-order valence-corrected chi connectivity index (χ1v) is 11.0. The van der Waals surface area contributed by atoms with Gasteiger partial charge in [-0.1, -0.05) is 121 Å². The Morgan fingerprint density at radius 3 is 1.52 bits per heavy atom. The van der Waals surface area contributed by atoms with Crippen molar-refractivity contribution in [1.29, 1.82) is 0 Å². The van der Waals surface area contributed by atoms with Crippen LogP contribution in [0, 0.1) is 0 Å². The predicted molar refractivity (Wildman–Crippen MR) is 133 cm³/mol. The van der Waals surface area contributed by atoms with Crippen LogP contribution in [0.5, 0.6) is 0 Å². The summed E-state index contributed by atoms with van der Waals surface area (Å²) in [7, 11) is 0. The minimum atomic E-state index is -0.462. The van der Waals surface area contributed by atoms with E-state index in [0.717, 1.165) is 27.9 Å². The summed E-state index contributed by atoms with van der Waals surface area (Å²) < 4.78 is 1.57. The van der Waals surface area contributed by atoms with Crippen molar-refractivity contribution in [2.75, 3.05) is 0 Å². The van der Waals surface area contributed by atoms with Crippen molar-refractivity contribution in [3.8, 4) is 33.6 Å². The molecule has 0 bridgehead atoms. The third kappa shape index (κ3) is 4.07. The van der Waals surface area contributed by atoms with Gasteiger partial charge in [0, 0.05) is 16.7 Å². The van der Waals surface area contributed by atoms with Gasteiger partial charge in [0.2, 0.25) is 0 Å². The number of benzene rings is 4. The molecule has 0 spiro atoms. The molecule has 1 aromatic heterocycles. The van der Waals surface area contributed by atoms with E-state index in [0.29, 0.717) is 16.3 Å². The summed E-state index contributed by atoms with van der Waals surface area (Å²) >= 11 is 7.07. The monoisotopic (exact) mass is 449 g/mol. The van der Waals surface area contributed by atoms with Crippen LogP contribution >= 0.6 is 11.6 Å². The Morgan fingerprint density at radius 2 is 1.00 bits per heavy atom. The highest BCUT2D eigenvalue weighted by Crippen LogP contribution is 2.45. The Morgan fingerprint density at radius 1 is 0.576 bits per heavy atom. The average molecular weight is 450 g/mol. The van der Waals surface area contributed by atoms with Gasteiger partial charge in [-0.2, -0.15) is 4.73 Å². The average Bonchev–Trinajstić information content (AvgIpc) is 3.17. The van der Waals surface area contributed by atoms with Crippen LogP contribution < -0.4 is 4.84 Å². The molecule has 0 saturated carbocycles. The molecule has 0 unspecified atom stereocenters. The normalized spacial score (nSPS) is 10.7. The summed E-state index contributed by atoms with van der Waals surface area (Å²) in [6.45, 7) is 0. The van der Waals surface area contributed by atoms with Crippen molar-refractivity contribution in [3.05, 3.63) is 132 Å². The molecule has 3 nitrogen and oxygen atoms in total. The number of nitrogens with zero attached hydrogens (tertiary/aromatic N) is 1. The van der Waals surface area contributed by atoms with Gasteiger partial charge in [0.25, 0.3) is 0 Å². The first-order chi connectivity index (χ1) is 16.2. The Balaban J connectivity index is 1.81. The lowest BCUT2D eigenvalue weighted by Gasteiger charge is -2.14. The molecular weight excluding hydrogens is 430 g/mol. The summed E-state index contributed by atoms with van der Waals surface area (Å²) in [5.41, 5.74) is 5.29. The molecular formula is C29H20ClNO2. The first kappa shape index (κ1) is 20.8. The van der Waals surface area contributed by atoms with Gasteiger partial charge in [0.05, 0.1) is 16.3 Å².